The molecule has 9 heteroatoms. The number of carboxylic acids is 1. The van der Waals surface area contributed by atoms with Crippen molar-refractivity contribution in [2.45, 2.75) is 38.5 Å². The van der Waals surface area contributed by atoms with Crippen LogP contribution in [0, 0.1) is 0 Å². The highest BCUT2D eigenvalue weighted by Crippen LogP contribution is 2.32. The molecule has 0 aromatic heterocycles. The van der Waals surface area contributed by atoms with Crippen LogP contribution in [0.1, 0.15) is 44.1 Å². The van der Waals surface area contributed by atoms with Crippen molar-refractivity contribution in [1.82, 2.24) is 10.2 Å². The van der Waals surface area contributed by atoms with Crippen LogP contribution in [0.15, 0.2) is 33.6 Å². The third kappa shape index (κ3) is 8.28. The highest BCUT2D eigenvalue weighted by Gasteiger charge is 2.31. The van der Waals surface area contributed by atoms with Gasteiger partial charge in [-0.2, -0.15) is 0 Å². The lowest BCUT2D eigenvalue weighted by Gasteiger charge is -2.14. The quantitative estimate of drug-likeness (QED) is 0.270. The molecule has 0 radical (unpaired) electrons. The second-order valence-corrected chi connectivity index (χ2v) is 9.13. The second kappa shape index (κ2) is 12.1. The summed E-state index contributed by atoms with van der Waals surface area (Å²) in [6.45, 7) is 0.926. The molecule has 0 unspecified atom stereocenters. The van der Waals surface area contributed by atoms with E-state index in [1.807, 2.05) is 30.3 Å². The zero-order valence-electron chi connectivity index (χ0n) is 15.9. The number of thioether (sulfide) groups is 1. The normalized spacial score (nSPS) is 15.2. The van der Waals surface area contributed by atoms with E-state index in [-0.39, 0.29) is 18.2 Å². The zero-order valence-corrected chi connectivity index (χ0v) is 19.1. The number of nitrogens with one attached hydrogen (secondary N) is 1. The van der Waals surface area contributed by atoms with Crippen LogP contribution in [-0.2, 0) is 14.4 Å². The van der Waals surface area contributed by atoms with Crippen LogP contribution in [0.25, 0.3) is 6.08 Å². The summed E-state index contributed by atoms with van der Waals surface area (Å²) >= 11 is 10.0. The van der Waals surface area contributed by atoms with Gasteiger partial charge < -0.3 is 10.4 Å². The Morgan fingerprint density at radius 2 is 1.86 bits per heavy atom. The molecule has 2 amide bonds. The molecule has 1 aromatic carbocycles. The molecule has 6 nitrogen and oxygen atoms in total. The maximum Gasteiger partial charge on any atom is 0.303 e. The van der Waals surface area contributed by atoms with Gasteiger partial charge in [-0.1, -0.05) is 58.5 Å². The molecule has 2 N–H and O–H groups in total. The number of nitrogens with zero attached hydrogens (tertiary/aromatic N) is 1. The van der Waals surface area contributed by atoms with Crippen LogP contribution < -0.4 is 5.32 Å². The number of hydrogen-bond donors (Lipinski definition) is 2. The van der Waals surface area contributed by atoms with Crippen LogP contribution >= 0.6 is 39.9 Å². The van der Waals surface area contributed by atoms with Gasteiger partial charge in [0.2, 0.25) is 5.91 Å². The van der Waals surface area contributed by atoms with E-state index in [2.05, 4.69) is 21.2 Å². The smallest absolute Gasteiger partial charge is 0.303 e. The highest BCUT2D eigenvalue weighted by atomic mass is 79.9. The third-order valence-electron chi connectivity index (χ3n) is 4.22. The summed E-state index contributed by atoms with van der Waals surface area (Å²) in [6, 6.07) is 7.72. The lowest BCUT2D eigenvalue weighted by molar-refractivity contribution is -0.137. The van der Waals surface area contributed by atoms with E-state index >= 15 is 0 Å². The van der Waals surface area contributed by atoms with Crippen molar-refractivity contribution in [2.24, 2.45) is 0 Å². The zero-order chi connectivity index (χ0) is 21.2. The summed E-state index contributed by atoms with van der Waals surface area (Å²) in [6.07, 6.45) is 5.03. The van der Waals surface area contributed by atoms with E-state index in [4.69, 9.17) is 17.3 Å². The summed E-state index contributed by atoms with van der Waals surface area (Å²) in [7, 11) is 0. The Kier molecular flexibility index (Phi) is 9.83. The SMILES string of the molecule is O=C(O)CCCNC(=O)CCCCCN1C(=O)/C(=C/c2ccc(Br)cc2)SC1=S. The van der Waals surface area contributed by atoms with Crippen LogP contribution in [0.5, 0.6) is 0 Å². The Hall–Kier alpha value is -1.71. The molecule has 0 aliphatic carbocycles. The first-order valence-electron chi connectivity index (χ1n) is 9.36. The van der Waals surface area contributed by atoms with Crippen LogP contribution in [-0.4, -0.2) is 45.2 Å². The van der Waals surface area contributed by atoms with Gasteiger partial charge in [0.05, 0.1) is 4.91 Å². The average Bonchev–Trinajstić information content (AvgIpc) is 2.94. The minimum atomic E-state index is -0.860. The van der Waals surface area contributed by atoms with E-state index < -0.39 is 5.97 Å². The summed E-state index contributed by atoms with van der Waals surface area (Å²) < 4.78 is 1.55. The molecule has 1 saturated heterocycles. The van der Waals surface area contributed by atoms with E-state index in [1.165, 1.54) is 11.8 Å². The molecular weight excluding hydrogens is 476 g/mol. The maximum absolute atomic E-state index is 12.6. The number of aliphatic carboxylic acids is 1. The van der Waals surface area contributed by atoms with Gasteiger partial charge in [-0.05, 0) is 43.0 Å². The Balaban J connectivity index is 1.68. The van der Waals surface area contributed by atoms with Crippen molar-refractivity contribution < 1.29 is 19.5 Å². The highest BCUT2D eigenvalue weighted by molar-refractivity contribution is 9.10. The van der Waals surface area contributed by atoms with Crippen LogP contribution in [0.3, 0.4) is 0 Å². The van der Waals surface area contributed by atoms with Crippen molar-refractivity contribution >= 4 is 68.1 Å². The largest absolute Gasteiger partial charge is 0.481 e. The topological polar surface area (TPSA) is 86.7 Å². The van der Waals surface area contributed by atoms with Gasteiger partial charge in [0, 0.05) is 30.4 Å². The predicted molar refractivity (Wildman–Crippen MR) is 122 cm³/mol. The number of unbranched alkanes of at least 4 members (excludes halogenated alkanes) is 2. The van der Waals surface area contributed by atoms with Crippen molar-refractivity contribution in [1.29, 1.82) is 0 Å². The molecule has 0 saturated carbocycles. The Morgan fingerprint density at radius 3 is 2.55 bits per heavy atom. The first-order chi connectivity index (χ1) is 13.9. The first-order valence-corrected chi connectivity index (χ1v) is 11.4. The van der Waals surface area contributed by atoms with Gasteiger partial charge >= 0.3 is 5.97 Å². The fourth-order valence-electron chi connectivity index (χ4n) is 2.69. The average molecular weight is 499 g/mol. The number of amides is 2. The minimum Gasteiger partial charge on any atom is -0.481 e. The van der Waals surface area contributed by atoms with Crippen molar-refractivity contribution in [2.75, 3.05) is 13.1 Å². The Bertz CT molecular complexity index is 796. The lowest BCUT2D eigenvalue weighted by Crippen LogP contribution is -2.29. The summed E-state index contributed by atoms with van der Waals surface area (Å²) in [5.74, 6) is -1.00. The van der Waals surface area contributed by atoms with Gasteiger partial charge in [-0.3, -0.25) is 19.3 Å². The Morgan fingerprint density at radius 1 is 1.14 bits per heavy atom. The number of thiocarbonyl (C=S) groups is 1. The molecular formula is C20H23BrN2O4S2. The molecule has 1 aliphatic heterocycles. The molecule has 2 rings (SSSR count). The van der Waals surface area contributed by atoms with E-state index in [0.29, 0.717) is 41.6 Å². The molecule has 1 fully saturated rings. The Labute approximate surface area is 188 Å². The predicted octanol–water partition coefficient (Wildman–Crippen LogP) is 4.19. The molecule has 1 aromatic rings. The maximum atomic E-state index is 12.6. The van der Waals surface area contributed by atoms with Gasteiger partial charge in [0.15, 0.2) is 0 Å². The lowest BCUT2D eigenvalue weighted by atomic mass is 10.1. The molecule has 0 bridgehead atoms. The molecule has 1 heterocycles. The van der Waals surface area contributed by atoms with Gasteiger partial charge in [0.25, 0.3) is 5.91 Å². The monoisotopic (exact) mass is 498 g/mol. The number of carbonyl (C=O) groups is 3. The van der Waals surface area contributed by atoms with Crippen molar-refractivity contribution in [3.8, 4) is 0 Å². The minimum absolute atomic E-state index is 0.0559. The van der Waals surface area contributed by atoms with E-state index in [9.17, 15) is 14.4 Å². The number of carbonyl (C=O) groups excluding carboxylic acids is 2. The second-order valence-electron chi connectivity index (χ2n) is 6.54. The summed E-state index contributed by atoms with van der Waals surface area (Å²) in [4.78, 5) is 36.9. The van der Waals surface area contributed by atoms with Gasteiger partial charge in [-0.25, -0.2) is 0 Å². The number of carboxylic acid groups (broad SMARTS) is 1. The molecule has 0 atom stereocenters. The van der Waals surface area contributed by atoms with Crippen molar-refractivity contribution in [3.63, 3.8) is 0 Å². The van der Waals surface area contributed by atoms with Crippen LogP contribution in [0.2, 0.25) is 0 Å². The number of benzene rings is 1. The number of hydrogen-bond acceptors (Lipinski definition) is 5. The summed E-state index contributed by atoms with van der Waals surface area (Å²) in [5.41, 5.74) is 0.947. The molecule has 0 spiro atoms. The van der Waals surface area contributed by atoms with E-state index in [0.717, 1.165) is 22.9 Å². The van der Waals surface area contributed by atoms with Gasteiger partial charge in [-0.15, -0.1) is 0 Å². The van der Waals surface area contributed by atoms with Crippen LogP contribution in [0.4, 0.5) is 0 Å². The molecule has 1 aliphatic rings. The summed E-state index contributed by atoms with van der Waals surface area (Å²) in [5, 5.41) is 11.3. The number of rotatable bonds is 11. The van der Waals surface area contributed by atoms with Gasteiger partial charge in [0.1, 0.15) is 4.32 Å². The molecule has 156 valence electrons. The standard InChI is InChI=1S/C20H23BrN2O4S2/c21-15-9-7-14(8-10-15)13-16-19(27)23(20(28)29-16)12-3-1-2-5-17(24)22-11-4-6-18(25)26/h7-10,13H,1-6,11-12H2,(H,22,24)(H,25,26)/b16-13-. The van der Waals surface area contributed by atoms with E-state index in [1.54, 1.807) is 4.90 Å². The fourth-order valence-corrected chi connectivity index (χ4v) is 4.26. The number of halogens is 1. The molecule has 29 heavy (non-hydrogen) atoms. The first kappa shape index (κ1) is 23.6. The fraction of sp³-hybridized carbons (Fsp3) is 0.400. The van der Waals surface area contributed by atoms with Crippen molar-refractivity contribution in [3.05, 3.63) is 39.2 Å². The third-order valence-corrected chi connectivity index (χ3v) is 6.12.